The van der Waals surface area contributed by atoms with Gasteiger partial charge in [0.25, 0.3) is 0 Å². The molecule has 3 fully saturated rings. The van der Waals surface area contributed by atoms with Crippen molar-refractivity contribution in [2.24, 2.45) is 5.92 Å². The van der Waals surface area contributed by atoms with Crippen molar-refractivity contribution < 1.29 is 9.53 Å². The maximum atomic E-state index is 12.2. The predicted molar refractivity (Wildman–Crippen MR) is 73.9 cm³/mol. The molecule has 1 aliphatic carbocycles. The fourth-order valence-electron chi connectivity index (χ4n) is 3.85. The van der Waals surface area contributed by atoms with E-state index in [1.54, 1.807) is 0 Å². The number of piperidine rings is 1. The lowest BCUT2D eigenvalue weighted by Crippen LogP contribution is -2.41. The third-order valence-corrected chi connectivity index (χ3v) is 5.10. The molecule has 0 aromatic carbocycles. The Morgan fingerprint density at radius 2 is 1.89 bits per heavy atom. The van der Waals surface area contributed by atoms with Crippen LogP contribution in [0.4, 0.5) is 0 Å². The standard InChI is InChI=1S/C15H26N2O2/c1-17-8-6-12(7-9-17)19-15(18)14-10-11-4-2-3-5-13(11)16-14/h11-14,16H,2-10H2,1H3. The van der Waals surface area contributed by atoms with E-state index in [0.29, 0.717) is 12.0 Å². The van der Waals surface area contributed by atoms with Gasteiger partial charge in [-0.25, -0.2) is 0 Å². The van der Waals surface area contributed by atoms with E-state index in [2.05, 4.69) is 17.3 Å². The van der Waals surface area contributed by atoms with Crippen molar-refractivity contribution in [3.05, 3.63) is 0 Å². The van der Waals surface area contributed by atoms with Crippen molar-refractivity contribution in [3.63, 3.8) is 0 Å². The van der Waals surface area contributed by atoms with E-state index < -0.39 is 0 Å². The maximum absolute atomic E-state index is 12.2. The van der Waals surface area contributed by atoms with Gasteiger partial charge < -0.3 is 15.0 Å². The molecular weight excluding hydrogens is 240 g/mol. The van der Waals surface area contributed by atoms with Gasteiger partial charge in [0, 0.05) is 19.1 Å². The number of nitrogens with zero attached hydrogens (tertiary/aromatic N) is 1. The number of rotatable bonds is 2. The average Bonchev–Trinajstić information content (AvgIpc) is 2.85. The summed E-state index contributed by atoms with van der Waals surface area (Å²) in [6.45, 7) is 2.09. The summed E-state index contributed by atoms with van der Waals surface area (Å²) in [7, 11) is 2.13. The van der Waals surface area contributed by atoms with E-state index in [-0.39, 0.29) is 18.1 Å². The molecule has 3 atom stereocenters. The first-order chi connectivity index (χ1) is 9.22. The monoisotopic (exact) mass is 266 g/mol. The number of carbonyl (C=O) groups is 1. The van der Waals surface area contributed by atoms with Gasteiger partial charge >= 0.3 is 5.97 Å². The molecule has 4 heteroatoms. The summed E-state index contributed by atoms with van der Waals surface area (Å²) in [5.41, 5.74) is 0. The summed E-state index contributed by atoms with van der Waals surface area (Å²) < 4.78 is 5.70. The third kappa shape index (κ3) is 3.11. The molecule has 4 nitrogen and oxygen atoms in total. The van der Waals surface area contributed by atoms with E-state index in [0.717, 1.165) is 32.4 Å². The fraction of sp³-hybridized carbons (Fsp3) is 0.933. The van der Waals surface area contributed by atoms with Gasteiger partial charge in [0.2, 0.25) is 0 Å². The molecule has 2 saturated heterocycles. The second kappa shape index (κ2) is 5.80. The van der Waals surface area contributed by atoms with Crippen LogP contribution in [0.5, 0.6) is 0 Å². The lowest BCUT2D eigenvalue weighted by atomic mass is 9.85. The molecule has 0 bridgehead atoms. The van der Waals surface area contributed by atoms with E-state index in [1.807, 2.05) is 0 Å². The average molecular weight is 266 g/mol. The van der Waals surface area contributed by atoms with Crippen LogP contribution < -0.4 is 5.32 Å². The minimum Gasteiger partial charge on any atom is -0.461 e. The first-order valence-corrected chi connectivity index (χ1v) is 7.87. The van der Waals surface area contributed by atoms with Gasteiger partial charge in [-0.3, -0.25) is 4.79 Å². The third-order valence-electron chi connectivity index (χ3n) is 5.10. The lowest BCUT2D eigenvalue weighted by Gasteiger charge is -2.29. The first-order valence-electron chi connectivity index (χ1n) is 7.87. The highest BCUT2D eigenvalue weighted by molar-refractivity contribution is 5.76. The predicted octanol–water partition coefficient (Wildman–Crippen LogP) is 1.54. The van der Waals surface area contributed by atoms with Crippen LogP contribution in [0.15, 0.2) is 0 Å². The fourth-order valence-corrected chi connectivity index (χ4v) is 3.85. The number of fused-ring (bicyclic) bond motifs is 1. The quantitative estimate of drug-likeness (QED) is 0.770. The number of ether oxygens (including phenoxy) is 1. The number of esters is 1. The molecule has 0 radical (unpaired) electrons. The van der Waals surface area contributed by atoms with Crippen LogP contribution in [-0.4, -0.2) is 49.2 Å². The van der Waals surface area contributed by atoms with Gasteiger partial charge in [-0.05, 0) is 45.1 Å². The van der Waals surface area contributed by atoms with Gasteiger partial charge in [-0.2, -0.15) is 0 Å². The molecule has 108 valence electrons. The van der Waals surface area contributed by atoms with Gasteiger partial charge in [-0.1, -0.05) is 12.8 Å². The van der Waals surface area contributed by atoms with Crippen molar-refractivity contribution in [2.45, 2.75) is 63.1 Å². The summed E-state index contributed by atoms with van der Waals surface area (Å²) in [5.74, 6) is 0.716. The van der Waals surface area contributed by atoms with Crippen LogP contribution in [-0.2, 0) is 9.53 Å². The first kappa shape index (κ1) is 13.4. The highest BCUT2D eigenvalue weighted by Gasteiger charge is 2.39. The van der Waals surface area contributed by atoms with Crippen LogP contribution in [0.1, 0.15) is 44.9 Å². The van der Waals surface area contributed by atoms with E-state index >= 15 is 0 Å². The number of likely N-dealkylation sites (tertiary alicyclic amines) is 1. The molecular formula is C15H26N2O2. The second-order valence-corrected chi connectivity index (χ2v) is 6.55. The number of carbonyl (C=O) groups excluding carboxylic acids is 1. The maximum Gasteiger partial charge on any atom is 0.323 e. The van der Waals surface area contributed by atoms with Crippen molar-refractivity contribution in [3.8, 4) is 0 Å². The molecule has 0 amide bonds. The largest absolute Gasteiger partial charge is 0.461 e. The van der Waals surface area contributed by atoms with Crippen LogP contribution >= 0.6 is 0 Å². The molecule has 2 heterocycles. The van der Waals surface area contributed by atoms with Crippen molar-refractivity contribution >= 4 is 5.97 Å². The molecule has 0 spiro atoms. The van der Waals surface area contributed by atoms with Gasteiger partial charge in [-0.15, -0.1) is 0 Å². The second-order valence-electron chi connectivity index (χ2n) is 6.55. The molecule has 1 saturated carbocycles. The lowest BCUT2D eigenvalue weighted by molar-refractivity contribution is -0.153. The Bertz CT molecular complexity index is 312. The van der Waals surface area contributed by atoms with Crippen LogP contribution in [0.2, 0.25) is 0 Å². The minimum absolute atomic E-state index is 0.00366. The van der Waals surface area contributed by atoms with E-state index in [4.69, 9.17) is 4.74 Å². The smallest absolute Gasteiger partial charge is 0.323 e. The van der Waals surface area contributed by atoms with Crippen LogP contribution in [0, 0.1) is 5.92 Å². The zero-order chi connectivity index (χ0) is 13.2. The Hall–Kier alpha value is -0.610. The topological polar surface area (TPSA) is 41.6 Å². The summed E-state index contributed by atoms with van der Waals surface area (Å²) >= 11 is 0. The summed E-state index contributed by atoms with van der Waals surface area (Å²) in [6.07, 6.45) is 8.29. The summed E-state index contributed by atoms with van der Waals surface area (Å²) in [6, 6.07) is 0.538. The van der Waals surface area contributed by atoms with E-state index in [1.165, 1.54) is 25.7 Å². The SMILES string of the molecule is CN1CCC(OC(=O)C2CC3CCCCC3N2)CC1. The Morgan fingerprint density at radius 1 is 1.16 bits per heavy atom. The summed E-state index contributed by atoms with van der Waals surface area (Å²) in [4.78, 5) is 14.5. The Morgan fingerprint density at radius 3 is 2.63 bits per heavy atom. The van der Waals surface area contributed by atoms with Gasteiger partial charge in [0.1, 0.15) is 12.1 Å². The zero-order valence-corrected chi connectivity index (χ0v) is 11.9. The normalized spacial score (nSPS) is 37.0. The van der Waals surface area contributed by atoms with Gasteiger partial charge in [0.15, 0.2) is 0 Å². The van der Waals surface area contributed by atoms with Crippen LogP contribution in [0.25, 0.3) is 0 Å². The van der Waals surface area contributed by atoms with Crippen molar-refractivity contribution in [1.29, 1.82) is 0 Å². The number of nitrogens with one attached hydrogen (secondary N) is 1. The molecule has 3 unspecified atom stereocenters. The Labute approximate surface area is 115 Å². The zero-order valence-electron chi connectivity index (χ0n) is 11.9. The molecule has 0 aromatic heterocycles. The number of hydrogen-bond donors (Lipinski definition) is 1. The molecule has 3 rings (SSSR count). The summed E-state index contributed by atoms with van der Waals surface area (Å²) in [5, 5.41) is 3.51. The molecule has 19 heavy (non-hydrogen) atoms. The van der Waals surface area contributed by atoms with Gasteiger partial charge in [0.05, 0.1) is 0 Å². The Balaban J connectivity index is 1.48. The Kier molecular flexibility index (Phi) is 4.08. The molecule has 3 aliphatic rings. The highest BCUT2D eigenvalue weighted by atomic mass is 16.5. The minimum atomic E-state index is -0.0345. The van der Waals surface area contributed by atoms with Crippen molar-refractivity contribution in [1.82, 2.24) is 10.2 Å². The van der Waals surface area contributed by atoms with Crippen molar-refractivity contribution in [2.75, 3.05) is 20.1 Å². The highest BCUT2D eigenvalue weighted by Crippen LogP contribution is 2.33. The molecule has 1 N–H and O–H groups in total. The van der Waals surface area contributed by atoms with Crippen LogP contribution in [0.3, 0.4) is 0 Å². The van der Waals surface area contributed by atoms with E-state index in [9.17, 15) is 4.79 Å². The molecule has 2 aliphatic heterocycles. The number of hydrogen-bond acceptors (Lipinski definition) is 4. The molecule has 0 aromatic rings.